The number of pyridine rings is 1. The summed E-state index contributed by atoms with van der Waals surface area (Å²) in [5.41, 5.74) is 3.26. The van der Waals surface area contributed by atoms with Crippen molar-refractivity contribution in [1.82, 2.24) is 20.3 Å². The number of carbonyl (C=O) groups is 3. The van der Waals surface area contributed by atoms with Crippen molar-refractivity contribution in [3.8, 4) is 0 Å². The monoisotopic (exact) mass is 415 g/mol. The molecular formula is C19H18FN5O3S. The highest BCUT2D eigenvalue weighted by Gasteiger charge is 2.43. The lowest BCUT2D eigenvalue weighted by atomic mass is 10.2. The fraction of sp³-hybridized carbons (Fsp3) is 0.211. The number of hydrogen-bond acceptors (Lipinski definition) is 5. The largest absolute Gasteiger partial charge is 0.326 e. The molecule has 0 saturated carbocycles. The fourth-order valence-electron chi connectivity index (χ4n) is 2.84. The van der Waals surface area contributed by atoms with Crippen LogP contribution < -0.4 is 10.7 Å². The summed E-state index contributed by atoms with van der Waals surface area (Å²) in [6, 6.07) is 7.42. The van der Waals surface area contributed by atoms with Gasteiger partial charge in [0.15, 0.2) is 5.11 Å². The van der Waals surface area contributed by atoms with E-state index in [9.17, 15) is 18.8 Å². The third-order valence-electron chi connectivity index (χ3n) is 4.27. The first-order chi connectivity index (χ1) is 13.9. The number of amides is 3. The number of benzene rings is 1. The summed E-state index contributed by atoms with van der Waals surface area (Å²) in [4.78, 5) is 42.8. The number of likely N-dealkylation sites (N-methyl/N-ethyl adjacent to an activating group) is 1. The molecule has 150 valence electrons. The van der Waals surface area contributed by atoms with Crippen molar-refractivity contribution in [3.05, 3.63) is 60.2 Å². The Morgan fingerprint density at radius 2 is 1.97 bits per heavy atom. The number of thiocarbonyl (C=S) groups is 1. The van der Waals surface area contributed by atoms with E-state index < -0.39 is 29.6 Å². The van der Waals surface area contributed by atoms with E-state index in [1.54, 1.807) is 19.1 Å². The number of rotatable bonds is 6. The van der Waals surface area contributed by atoms with Gasteiger partial charge in [0, 0.05) is 24.6 Å². The molecule has 2 aromatic rings. The number of aromatic nitrogens is 1. The number of halogens is 1. The molecule has 1 aromatic carbocycles. The minimum atomic E-state index is -0.997. The van der Waals surface area contributed by atoms with E-state index in [1.807, 2.05) is 0 Å². The minimum Gasteiger partial charge on any atom is -0.326 e. The number of carbonyl (C=O) groups excluding carboxylic acids is 3. The Labute approximate surface area is 171 Å². The summed E-state index contributed by atoms with van der Waals surface area (Å²) >= 11 is 5.31. The van der Waals surface area contributed by atoms with Crippen LogP contribution in [0.5, 0.6) is 0 Å². The van der Waals surface area contributed by atoms with Crippen LogP contribution in [-0.2, 0) is 9.59 Å². The van der Waals surface area contributed by atoms with Crippen LogP contribution in [0, 0.1) is 5.82 Å². The van der Waals surface area contributed by atoms with Crippen molar-refractivity contribution < 1.29 is 18.8 Å². The summed E-state index contributed by atoms with van der Waals surface area (Å²) < 4.78 is 13.0. The van der Waals surface area contributed by atoms with Crippen molar-refractivity contribution in [3.63, 3.8) is 0 Å². The van der Waals surface area contributed by atoms with Crippen LogP contribution in [0.2, 0.25) is 0 Å². The van der Waals surface area contributed by atoms with Gasteiger partial charge in [-0.3, -0.25) is 29.7 Å². The van der Waals surface area contributed by atoms with Crippen LogP contribution in [0.15, 0.2) is 48.8 Å². The molecule has 1 atom stereocenters. The van der Waals surface area contributed by atoms with Crippen molar-refractivity contribution in [2.45, 2.75) is 19.4 Å². The number of hydrazine groups is 1. The molecule has 0 bridgehead atoms. The summed E-state index contributed by atoms with van der Waals surface area (Å²) in [6.07, 6.45) is 2.66. The quantitative estimate of drug-likeness (QED) is 0.698. The van der Waals surface area contributed by atoms with Gasteiger partial charge < -0.3 is 5.32 Å². The standard InChI is InChI=1S/C19H18FN5O3S/c1-2-24-18(28)15(10-16(26)22-14-7-5-13(20)6-8-14)25(19(24)29)23-17(27)12-4-3-9-21-11-12/h3-9,11,15H,2,10H2,1H3,(H,22,26)(H,23,27)/t15-/m1/s1. The Morgan fingerprint density at radius 1 is 1.24 bits per heavy atom. The second kappa shape index (κ2) is 8.74. The summed E-state index contributed by atoms with van der Waals surface area (Å²) in [5, 5.41) is 3.93. The van der Waals surface area contributed by atoms with Crippen molar-refractivity contribution in [1.29, 1.82) is 0 Å². The lowest BCUT2D eigenvalue weighted by Gasteiger charge is -2.24. The van der Waals surface area contributed by atoms with Crippen molar-refractivity contribution in [2.24, 2.45) is 0 Å². The van der Waals surface area contributed by atoms with Gasteiger partial charge in [0.1, 0.15) is 11.9 Å². The second-order valence-electron chi connectivity index (χ2n) is 6.19. The topological polar surface area (TPSA) is 94.6 Å². The number of anilines is 1. The second-order valence-corrected chi connectivity index (χ2v) is 6.56. The van der Waals surface area contributed by atoms with Gasteiger partial charge in [-0.05, 0) is 55.5 Å². The Bertz CT molecular complexity index is 939. The van der Waals surface area contributed by atoms with Gasteiger partial charge in [-0.15, -0.1) is 0 Å². The van der Waals surface area contributed by atoms with Gasteiger partial charge in [-0.25, -0.2) is 9.40 Å². The Morgan fingerprint density at radius 3 is 2.59 bits per heavy atom. The molecule has 0 aliphatic carbocycles. The molecule has 1 aliphatic heterocycles. The average Bonchev–Trinajstić information content (AvgIpc) is 2.93. The van der Waals surface area contributed by atoms with E-state index >= 15 is 0 Å². The molecule has 3 rings (SSSR count). The fourth-order valence-corrected chi connectivity index (χ4v) is 3.23. The molecule has 1 saturated heterocycles. The smallest absolute Gasteiger partial charge is 0.271 e. The predicted octanol–water partition coefficient (Wildman–Crippen LogP) is 1.71. The Kier molecular flexibility index (Phi) is 6.13. The third kappa shape index (κ3) is 4.54. The molecule has 2 N–H and O–H groups in total. The molecule has 29 heavy (non-hydrogen) atoms. The zero-order valence-electron chi connectivity index (χ0n) is 15.5. The Balaban J connectivity index is 1.75. The van der Waals surface area contributed by atoms with Gasteiger partial charge in [-0.2, -0.15) is 0 Å². The van der Waals surface area contributed by atoms with Crippen LogP contribution in [0.3, 0.4) is 0 Å². The van der Waals surface area contributed by atoms with Crippen molar-refractivity contribution >= 4 is 40.7 Å². The molecule has 1 fully saturated rings. The van der Waals surface area contributed by atoms with Crippen LogP contribution in [0.25, 0.3) is 0 Å². The predicted molar refractivity (Wildman–Crippen MR) is 107 cm³/mol. The van der Waals surface area contributed by atoms with Gasteiger partial charge in [0.25, 0.3) is 11.8 Å². The van der Waals surface area contributed by atoms with Gasteiger partial charge in [0.05, 0.1) is 12.0 Å². The maximum absolute atomic E-state index is 13.0. The van der Waals surface area contributed by atoms with E-state index in [4.69, 9.17) is 12.2 Å². The van der Waals surface area contributed by atoms with Crippen molar-refractivity contribution in [2.75, 3.05) is 11.9 Å². The highest BCUT2D eigenvalue weighted by atomic mass is 32.1. The van der Waals surface area contributed by atoms with E-state index in [0.717, 1.165) is 0 Å². The van der Waals surface area contributed by atoms with Crippen LogP contribution in [0.1, 0.15) is 23.7 Å². The molecule has 3 amide bonds. The highest BCUT2D eigenvalue weighted by Crippen LogP contribution is 2.20. The first kappa shape index (κ1) is 20.3. The molecule has 1 aliphatic rings. The third-order valence-corrected chi connectivity index (χ3v) is 4.69. The van der Waals surface area contributed by atoms with Crippen LogP contribution in [-0.4, -0.2) is 50.3 Å². The normalized spacial score (nSPS) is 16.1. The van der Waals surface area contributed by atoms with Gasteiger partial charge in [0.2, 0.25) is 5.91 Å². The molecular weight excluding hydrogens is 397 g/mol. The van der Waals surface area contributed by atoms with Gasteiger partial charge >= 0.3 is 0 Å². The van der Waals surface area contributed by atoms with Crippen LogP contribution in [0.4, 0.5) is 10.1 Å². The summed E-state index contributed by atoms with van der Waals surface area (Å²) in [6.45, 7) is 2.04. The van der Waals surface area contributed by atoms with Crippen LogP contribution >= 0.6 is 12.2 Å². The SMILES string of the molecule is CCN1C(=O)[C@@H](CC(=O)Nc2ccc(F)cc2)N(NC(=O)c2cccnc2)C1=S. The number of nitrogens with zero attached hydrogens (tertiary/aromatic N) is 3. The summed E-state index contributed by atoms with van der Waals surface area (Å²) in [5.74, 6) is -1.80. The first-order valence-electron chi connectivity index (χ1n) is 8.81. The Hall–Kier alpha value is -3.40. The molecule has 0 spiro atoms. The molecule has 8 nitrogen and oxygen atoms in total. The zero-order chi connectivity index (χ0) is 21.0. The zero-order valence-corrected chi connectivity index (χ0v) is 16.3. The maximum Gasteiger partial charge on any atom is 0.271 e. The molecule has 0 unspecified atom stereocenters. The lowest BCUT2D eigenvalue weighted by Crippen LogP contribution is -2.49. The number of hydrogen-bond donors (Lipinski definition) is 2. The maximum atomic E-state index is 13.0. The van der Waals surface area contributed by atoms with E-state index in [2.05, 4.69) is 15.7 Å². The summed E-state index contributed by atoms with van der Waals surface area (Å²) in [7, 11) is 0. The lowest BCUT2D eigenvalue weighted by molar-refractivity contribution is -0.130. The first-order valence-corrected chi connectivity index (χ1v) is 9.22. The van der Waals surface area contributed by atoms with Gasteiger partial charge in [-0.1, -0.05) is 0 Å². The van der Waals surface area contributed by atoms with E-state index in [1.165, 1.54) is 46.6 Å². The van der Waals surface area contributed by atoms with E-state index in [0.29, 0.717) is 12.2 Å². The molecule has 10 heteroatoms. The van der Waals surface area contributed by atoms with E-state index in [-0.39, 0.29) is 17.1 Å². The minimum absolute atomic E-state index is 0.106. The highest BCUT2D eigenvalue weighted by molar-refractivity contribution is 7.80. The molecule has 1 aromatic heterocycles. The number of nitrogens with one attached hydrogen (secondary N) is 2. The molecule has 0 radical (unpaired) electrons. The average molecular weight is 415 g/mol. The molecule has 2 heterocycles.